The highest BCUT2D eigenvalue weighted by molar-refractivity contribution is 7.91. The van der Waals surface area contributed by atoms with Crippen molar-refractivity contribution in [3.63, 3.8) is 0 Å². The fraction of sp³-hybridized carbons (Fsp3) is 0.444. The standard InChI is InChI=1S/C18H19F3N4O3S/c19-18(20,21)28-12-4-1-3-11(7-12)10-29(26,27)13-8-15(23-9-13)16-14-5-2-6-22-17(14)25-24-16/h2,5-6,8-9,11-12,23H,1,3-4,7,10H2,(H,22,24,25). The second kappa shape index (κ2) is 7.45. The lowest BCUT2D eigenvalue weighted by Gasteiger charge is -2.29. The molecule has 0 spiro atoms. The third kappa shape index (κ3) is 4.45. The maximum atomic E-state index is 12.8. The Morgan fingerprint density at radius 2 is 2.10 bits per heavy atom. The van der Waals surface area contributed by atoms with Crippen molar-refractivity contribution in [2.24, 2.45) is 5.92 Å². The summed E-state index contributed by atoms with van der Waals surface area (Å²) in [5, 5.41) is 7.68. The van der Waals surface area contributed by atoms with E-state index in [0.717, 1.165) is 5.39 Å². The van der Waals surface area contributed by atoms with E-state index < -0.39 is 22.3 Å². The van der Waals surface area contributed by atoms with Crippen LogP contribution in [0.2, 0.25) is 0 Å². The van der Waals surface area contributed by atoms with E-state index in [1.165, 1.54) is 12.3 Å². The van der Waals surface area contributed by atoms with Gasteiger partial charge in [0.25, 0.3) is 0 Å². The molecular weight excluding hydrogens is 409 g/mol. The van der Waals surface area contributed by atoms with Crippen molar-refractivity contribution >= 4 is 20.9 Å². The largest absolute Gasteiger partial charge is 0.522 e. The second-order valence-corrected chi connectivity index (χ2v) is 9.26. The molecule has 2 unspecified atom stereocenters. The average molecular weight is 428 g/mol. The zero-order chi connectivity index (χ0) is 20.6. The number of ether oxygens (including phenoxy) is 1. The van der Waals surface area contributed by atoms with E-state index in [0.29, 0.717) is 29.9 Å². The molecule has 0 aliphatic heterocycles. The maximum Gasteiger partial charge on any atom is 0.522 e. The number of alkyl halides is 3. The van der Waals surface area contributed by atoms with Gasteiger partial charge >= 0.3 is 6.36 Å². The molecule has 2 N–H and O–H groups in total. The molecule has 3 aromatic rings. The first-order valence-corrected chi connectivity index (χ1v) is 10.8. The lowest BCUT2D eigenvalue weighted by Crippen LogP contribution is -2.31. The van der Waals surface area contributed by atoms with Crippen LogP contribution in [0.5, 0.6) is 0 Å². The van der Waals surface area contributed by atoms with Gasteiger partial charge < -0.3 is 4.98 Å². The number of pyridine rings is 1. The number of hydrogen-bond donors (Lipinski definition) is 2. The number of nitrogens with zero attached hydrogens (tertiary/aromatic N) is 2. The van der Waals surface area contributed by atoms with Crippen molar-refractivity contribution in [3.8, 4) is 11.4 Å². The fourth-order valence-electron chi connectivity index (χ4n) is 3.85. The number of nitrogens with one attached hydrogen (secondary N) is 2. The molecule has 29 heavy (non-hydrogen) atoms. The molecule has 11 heteroatoms. The first kappa shape index (κ1) is 19.9. The number of rotatable bonds is 5. The number of fused-ring (bicyclic) bond motifs is 1. The molecule has 1 saturated carbocycles. The smallest absolute Gasteiger partial charge is 0.359 e. The average Bonchev–Trinajstić information content (AvgIpc) is 3.27. The first-order valence-electron chi connectivity index (χ1n) is 9.16. The minimum Gasteiger partial charge on any atom is -0.359 e. The number of hydrogen-bond acceptors (Lipinski definition) is 5. The Morgan fingerprint density at radius 1 is 1.28 bits per heavy atom. The number of H-pyrrole nitrogens is 2. The van der Waals surface area contributed by atoms with Gasteiger partial charge in [0.05, 0.1) is 28.1 Å². The van der Waals surface area contributed by atoms with Gasteiger partial charge in [-0.05, 0) is 43.4 Å². The predicted octanol–water partition coefficient (Wildman–Crippen LogP) is 3.82. The molecule has 0 radical (unpaired) electrons. The number of aromatic amines is 2. The Labute approximate surface area is 164 Å². The summed E-state index contributed by atoms with van der Waals surface area (Å²) >= 11 is 0. The molecule has 0 saturated heterocycles. The summed E-state index contributed by atoms with van der Waals surface area (Å²) in [4.78, 5) is 7.15. The van der Waals surface area contributed by atoms with Gasteiger partial charge in [-0.1, -0.05) is 6.42 Å². The van der Waals surface area contributed by atoms with Crippen LogP contribution in [0, 0.1) is 5.92 Å². The third-order valence-electron chi connectivity index (χ3n) is 5.10. The predicted molar refractivity (Wildman–Crippen MR) is 98.6 cm³/mol. The molecule has 3 aromatic heterocycles. The molecule has 2 atom stereocenters. The summed E-state index contributed by atoms with van der Waals surface area (Å²) in [6.45, 7) is 0. The van der Waals surface area contributed by atoms with Crippen LogP contribution in [0.4, 0.5) is 13.2 Å². The van der Waals surface area contributed by atoms with Crippen molar-refractivity contribution < 1.29 is 26.3 Å². The molecule has 1 aliphatic carbocycles. The Hall–Kier alpha value is -2.40. The minimum absolute atomic E-state index is 0.0763. The monoisotopic (exact) mass is 428 g/mol. The Bertz CT molecular complexity index is 1110. The van der Waals surface area contributed by atoms with E-state index >= 15 is 0 Å². The highest BCUT2D eigenvalue weighted by Crippen LogP contribution is 2.33. The van der Waals surface area contributed by atoms with Crippen LogP contribution < -0.4 is 0 Å². The van der Waals surface area contributed by atoms with Crippen molar-refractivity contribution in [3.05, 3.63) is 30.6 Å². The van der Waals surface area contributed by atoms with Gasteiger partial charge in [0.15, 0.2) is 15.5 Å². The van der Waals surface area contributed by atoms with Crippen LogP contribution in [-0.4, -0.2) is 46.8 Å². The van der Waals surface area contributed by atoms with Gasteiger partial charge in [0.2, 0.25) is 0 Å². The van der Waals surface area contributed by atoms with Crippen molar-refractivity contribution in [2.75, 3.05) is 5.75 Å². The van der Waals surface area contributed by atoms with Gasteiger partial charge in [-0.15, -0.1) is 13.2 Å². The summed E-state index contributed by atoms with van der Waals surface area (Å²) in [7, 11) is -3.67. The van der Waals surface area contributed by atoms with Gasteiger partial charge in [0.1, 0.15) is 0 Å². The Balaban J connectivity index is 1.50. The summed E-state index contributed by atoms with van der Waals surface area (Å²) in [6, 6.07) is 5.07. The topological polar surface area (TPSA) is 101 Å². The van der Waals surface area contributed by atoms with Crippen LogP contribution >= 0.6 is 0 Å². The molecular formula is C18H19F3N4O3S. The third-order valence-corrected chi connectivity index (χ3v) is 6.97. The zero-order valence-corrected chi connectivity index (χ0v) is 16.1. The highest BCUT2D eigenvalue weighted by Gasteiger charge is 2.37. The molecule has 0 amide bonds. The summed E-state index contributed by atoms with van der Waals surface area (Å²) in [5.41, 5.74) is 1.67. The Kier molecular flexibility index (Phi) is 5.11. The molecule has 4 rings (SSSR count). The van der Waals surface area contributed by atoms with Crippen LogP contribution in [0.15, 0.2) is 35.5 Å². The van der Waals surface area contributed by atoms with Gasteiger partial charge in [-0.25, -0.2) is 13.4 Å². The Morgan fingerprint density at radius 3 is 2.90 bits per heavy atom. The van der Waals surface area contributed by atoms with E-state index in [9.17, 15) is 21.6 Å². The summed E-state index contributed by atoms with van der Waals surface area (Å²) in [6.07, 6.45) is -1.27. The SMILES string of the molecule is O=S(=O)(CC1CCCC(OC(F)(F)F)C1)c1c[nH]c(-c2[nH]nc3ncccc23)c1. The summed E-state index contributed by atoms with van der Waals surface area (Å²) in [5.74, 6) is -0.593. The van der Waals surface area contributed by atoms with Gasteiger partial charge in [-0.3, -0.25) is 9.84 Å². The molecule has 7 nitrogen and oxygen atoms in total. The van der Waals surface area contributed by atoms with Gasteiger partial charge in [0, 0.05) is 17.8 Å². The van der Waals surface area contributed by atoms with E-state index in [1.807, 2.05) is 6.07 Å². The molecule has 156 valence electrons. The quantitative estimate of drug-likeness (QED) is 0.643. The van der Waals surface area contributed by atoms with E-state index in [1.54, 1.807) is 12.3 Å². The lowest BCUT2D eigenvalue weighted by molar-refractivity contribution is -0.346. The molecule has 3 heterocycles. The molecule has 0 bridgehead atoms. The molecule has 1 fully saturated rings. The van der Waals surface area contributed by atoms with Crippen molar-refractivity contribution in [1.29, 1.82) is 0 Å². The number of halogens is 3. The zero-order valence-electron chi connectivity index (χ0n) is 15.2. The highest BCUT2D eigenvalue weighted by atomic mass is 32.2. The number of aromatic nitrogens is 4. The first-order chi connectivity index (χ1) is 13.7. The van der Waals surface area contributed by atoms with E-state index in [2.05, 4.69) is 24.9 Å². The van der Waals surface area contributed by atoms with Crippen molar-refractivity contribution in [2.45, 2.75) is 43.0 Å². The van der Waals surface area contributed by atoms with Crippen LogP contribution in [0.1, 0.15) is 25.7 Å². The minimum atomic E-state index is -4.71. The number of sulfone groups is 1. The second-order valence-electron chi connectivity index (χ2n) is 7.22. The van der Waals surface area contributed by atoms with E-state index in [4.69, 9.17) is 0 Å². The van der Waals surface area contributed by atoms with E-state index in [-0.39, 0.29) is 29.4 Å². The summed E-state index contributed by atoms with van der Waals surface area (Å²) < 4.78 is 67.1. The van der Waals surface area contributed by atoms with Crippen molar-refractivity contribution in [1.82, 2.24) is 20.2 Å². The van der Waals surface area contributed by atoms with Crippen LogP contribution in [0.25, 0.3) is 22.4 Å². The van der Waals surface area contributed by atoms with Crippen LogP contribution in [0.3, 0.4) is 0 Å². The molecule has 1 aliphatic rings. The molecule has 0 aromatic carbocycles. The van der Waals surface area contributed by atoms with Gasteiger partial charge in [-0.2, -0.15) is 5.10 Å². The fourth-order valence-corrected chi connectivity index (χ4v) is 5.50. The van der Waals surface area contributed by atoms with Crippen LogP contribution in [-0.2, 0) is 14.6 Å². The maximum absolute atomic E-state index is 12.8. The lowest BCUT2D eigenvalue weighted by atomic mass is 9.88. The normalized spacial score (nSPS) is 20.9.